The summed E-state index contributed by atoms with van der Waals surface area (Å²) < 4.78 is 23.2. The molecule has 2 fully saturated rings. The maximum absolute atomic E-state index is 11.6. The third-order valence-electron chi connectivity index (χ3n) is 4.52. The number of nitro groups is 1. The molecule has 0 aromatic heterocycles. The Hall–Kier alpha value is -1.38. The molecule has 23 heavy (non-hydrogen) atoms. The molecule has 2 saturated heterocycles. The van der Waals surface area contributed by atoms with Crippen LogP contribution in [0, 0.1) is 10.1 Å². The lowest BCUT2D eigenvalue weighted by molar-refractivity contribution is -0.384. The number of anilines is 1. The molecule has 0 unspecified atom stereocenters. The second-order valence-electron chi connectivity index (χ2n) is 5.97. The van der Waals surface area contributed by atoms with Crippen molar-refractivity contribution in [2.45, 2.75) is 12.5 Å². The third kappa shape index (κ3) is 3.59. The van der Waals surface area contributed by atoms with Gasteiger partial charge in [-0.25, -0.2) is 8.42 Å². The Kier molecular flexibility index (Phi) is 4.48. The number of hydrogen-bond acceptors (Lipinski definition) is 6. The van der Waals surface area contributed by atoms with E-state index in [-0.39, 0.29) is 23.2 Å². The zero-order chi connectivity index (χ0) is 16.6. The molecule has 3 rings (SSSR count). The Bertz CT molecular complexity index is 717. The van der Waals surface area contributed by atoms with E-state index in [4.69, 9.17) is 11.6 Å². The van der Waals surface area contributed by atoms with Crippen LogP contribution in [0.4, 0.5) is 11.4 Å². The van der Waals surface area contributed by atoms with Gasteiger partial charge in [0.05, 0.1) is 27.1 Å². The van der Waals surface area contributed by atoms with E-state index < -0.39 is 14.8 Å². The lowest BCUT2D eigenvalue weighted by Gasteiger charge is -2.39. The number of nitrogens with zero attached hydrogens (tertiary/aromatic N) is 3. The standard InChI is InChI=1S/C14H18ClN3O4S/c15-13-9-11(18(19)20)1-2-14(13)17-6-4-16(5-7-17)12-3-8-23(21,22)10-12/h1-2,9,12H,3-8,10H2/t12-/m1/s1. The minimum atomic E-state index is -2.87. The van der Waals surface area contributed by atoms with Crippen molar-refractivity contribution in [3.05, 3.63) is 33.3 Å². The fraction of sp³-hybridized carbons (Fsp3) is 0.571. The Labute approximate surface area is 139 Å². The second kappa shape index (κ2) is 6.26. The fourth-order valence-corrected chi connectivity index (χ4v) is 5.31. The predicted octanol–water partition coefficient (Wildman–Crippen LogP) is 1.56. The van der Waals surface area contributed by atoms with E-state index in [2.05, 4.69) is 9.80 Å². The van der Waals surface area contributed by atoms with Crippen molar-refractivity contribution in [2.24, 2.45) is 0 Å². The molecule has 2 aliphatic heterocycles. The second-order valence-corrected chi connectivity index (χ2v) is 8.61. The Balaban J connectivity index is 1.64. The molecular formula is C14H18ClN3O4S. The molecule has 0 N–H and O–H groups in total. The molecule has 7 nitrogen and oxygen atoms in total. The maximum Gasteiger partial charge on any atom is 0.271 e. The molecular weight excluding hydrogens is 342 g/mol. The minimum Gasteiger partial charge on any atom is -0.368 e. The van der Waals surface area contributed by atoms with Gasteiger partial charge in [0.2, 0.25) is 0 Å². The number of benzene rings is 1. The van der Waals surface area contributed by atoms with E-state index in [0.717, 1.165) is 31.9 Å². The van der Waals surface area contributed by atoms with Gasteiger partial charge in [-0.15, -0.1) is 0 Å². The van der Waals surface area contributed by atoms with Crippen molar-refractivity contribution in [3.63, 3.8) is 0 Å². The van der Waals surface area contributed by atoms with Crippen LogP contribution in [0.1, 0.15) is 6.42 Å². The first-order valence-electron chi connectivity index (χ1n) is 7.49. The first kappa shape index (κ1) is 16.5. The summed E-state index contributed by atoms with van der Waals surface area (Å²) in [6.45, 7) is 3.00. The zero-order valence-electron chi connectivity index (χ0n) is 12.5. The molecule has 1 aromatic carbocycles. The smallest absolute Gasteiger partial charge is 0.271 e. The van der Waals surface area contributed by atoms with Crippen LogP contribution in [0.25, 0.3) is 0 Å². The van der Waals surface area contributed by atoms with Crippen LogP contribution in [0.5, 0.6) is 0 Å². The van der Waals surface area contributed by atoms with Crippen molar-refractivity contribution in [2.75, 3.05) is 42.6 Å². The summed E-state index contributed by atoms with van der Waals surface area (Å²) in [6.07, 6.45) is 0.709. The molecule has 2 aliphatic rings. The van der Waals surface area contributed by atoms with Crippen molar-refractivity contribution in [1.82, 2.24) is 4.90 Å². The number of rotatable bonds is 3. The van der Waals surface area contributed by atoms with Gasteiger partial charge < -0.3 is 4.90 Å². The Morgan fingerprint density at radius 1 is 1.22 bits per heavy atom. The number of halogens is 1. The molecule has 0 aliphatic carbocycles. The van der Waals surface area contributed by atoms with Gasteiger partial charge in [0.1, 0.15) is 0 Å². The lowest BCUT2D eigenvalue weighted by atomic mass is 10.1. The molecule has 126 valence electrons. The lowest BCUT2D eigenvalue weighted by Crippen LogP contribution is -2.50. The van der Waals surface area contributed by atoms with E-state index in [1.165, 1.54) is 12.1 Å². The summed E-state index contributed by atoms with van der Waals surface area (Å²) in [7, 11) is -2.87. The van der Waals surface area contributed by atoms with Gasteiger partial charge in [0.25, 0.3) is 5.69 Å². The summed E-state index contributed by atoms with van der Waals surface area (Å²) >= 11 is 6.17. The van der Waals surface area contributed by atoms with Gasteiger partial charge in [0, 0.05) is 44.4 Å². The van der Waals surface area contributed by atoms with Crippen LogP contribution in [0.15, 0.2) is 18.2 Å². The number of sulfone groups is 1. The quantitative estimate of drug-likeness (QED) is 0.601. The molecule has 9 heteroatoms. The van der Waals surface area contributed by atoms with Gasteiger partial charge in [-0.1, -0.05) is 11.6 Å². The fourth-order valence-electron chi connectivity index (χ4n) is 3.26. The van der Waals surface area contributed by atoms with Gasteiger partial charge in [-0.2, -0.15) is 0 Å². The zero-order valence-corrected chi connectivity index (χ0v) is 14.1. The molecule has 0 saturated carbocycles. The van der Waals surface area contributed by atoms with Crippen molar-refractivity contribution >= 4 is 32.8 Å². The molecule has 1 atom stereocenters. The normalized spacial score (nSPS) is 24.7. The highest BCUT2D eigenvalue weighted by Crippen LogP contribution is 2.31. The molecule has 2 heterocycles. The van der Waals surface area contributed by atoms with Gasteiger partial charge in [-0.3, -0.25) is 15.0 Å². The van der Waals surface area contributed by atoms with Crippen LogP contribution >= 0.6 is 11.6 Å². The molecule has 0 bridgehead atoms. The van der Waals surface area contributed by atoms with Crippen LogP contribution in [-0.4, -0.2) is 62.0 Å². The van der Waals surface area contributed by atoms with E-state index in [0.29, 0.717) is 11.4 Å². The van der Waals surface area contributed by atoms with Crippen molar-refractivity contribution in [1.29, 1.82) is 0 Å². The largest absolute Gasteiger partial charge is 0.368 e. The average molecular weight is 360 g/mol. The maximum atomic E-state index is 11.6. The summed E-state index contributed by atoms with van der Waals surface area (Å²) in [5.74, 6) is 0.539. The van der Waals surface area contributed by atoms with E-state index in [1.54, 1.807) is 6.07 Å². The first-order chi connectivity index (χ1) is 10.9. The monoisotopic (exact) mass is 359 g/mol. The highest BCUT2D eigenvalue weighted by atomic mass is 35.5. The summed E-state index contributed by atoms with van der Waals surface area (Å²) in [4.78, 5) is 14.6. The van der Waals surface area contributed by atoms with E-state index >= 15 is 0 Å². The van der Waals surface area contributed by atoms with Crippen LogP contribution < -0.4 is 4.90 Å². The van der Waals surface area contributed by atoms with Crippen molar-refractivity contribution in [3.8, 4) is 0 Å². The third-order valence-corrected chi connectivity index (χ3v) is 6.57. The van der Waals surface area contributed by atoms with Gasteiger partial charge in [0.15, 0.2) is 9.84 Å². The van der Waals surface area contributed by atoms with Crippen molar-refractivity contribution < 1.29 is 13.3 Å². The van der Waals surface area contributed by atoms with Gasteiger partial charge in [-0.05, 0) is 12.5 Å². The topological polar surface area (TPSA) is 83.8 Å². The molecule has 0 radical (unpaired) electrons. The minimum absolute atomic E-state index is 0.0199. The molecule has 1 aromatic rings. The Morgan fingerprint density at radius 3 is 2.43 bits per heavy atom. The summed E-state index contributed by atoms with van der Waals surface area (Å²) in [5.41, 5.74) is 0.768. The predicted molar refractivity (Wildman–Crippen MR) is 89.0 cm³/mol. The van der Waals surface area contributed by atoms with E-state index in [1.807, 2.05) is 0 Å². The number of hydrogen-bond donors (Lipinski definition) is 0. The van der Waals surface area contributed by atoms with Crippen LogP contribution in [-0.2, 0) is 9.84 Å². The average Bonchev–Trinajstić information content (AvgIpc) is 2.87. The highest BCUT2D eigenvalue weighted by molar-refractivity contribution is 7.91. The van der Waals surface area contributed by atoms with Gasteiger partial charge >= 0.3 is 0 Å². The Morgan fingerprint density at radius 2 is 1.91 bits per heavy atom. The summed E-state index contributed by atoms with van der Waals surface area (Å²) in [5, 5.41) is 11.1. The SMILES string of the molecule is O=[N+]([O-])c1ccc(N2CCN([C@@H]3CCS(=O)(=O)C3)CC2)c(Cl)c1. The number of nitro benzene ring substituents is 1. The highest BCUT2D eigenvalue weighted by Gasteiger charge is 2.33. The van der Waals surface area contributed by atoms with Crippen LogP contribution in [0.2, 0.25) is 5.02 Å². The molecule has 0 amide bonds. The molecule has 0 spiro atoms. The number of piperazine rings is 1. The summed E-state index contributed by atoms with van der Waals surface area (Å²) in [6, 6.07) is 4.62. The first-order valence-corrected chi connectivity index (χ1v) is 9.69. The van der Waals surface area contributed by atoms with E-state index in [9.17, 15) is 18.5 Å². The number of non-ortho nitro benzene ring substituents is 1. The van der Waals surface area contributed by atoms with Crippen LogP contribution in [0.3, 0.4) is 0 Å².